The van der Waals surface area contributed by atoms with Crippen LogP contribution < -0.4 is 11.5 Å². The lowest BCUT2D eigenvalue weighted by molar-refractivity contribution is 0.0965. The van der Waals surface area contributed by atoms with E-state index in [1.54, 1.807) is 0 Å². The molecule has 4 N–H and O–H groups in total. The van der Waals surface area contributed by atoms with Gasteiger partial charge in [0.25, 0.3) is 0 Å². The first-order chi connectivity index (χ1) is 6.73. The minimum Gasteiger partial charge on any atom is -0.316 e. The number of nitrogens with two attached hydrogens (primary N) is 2. The zero-order valence-electron chi connectivity index (χ0n) is 8.45. The highest BCUT2D eigenvalue weighted by Gasteiger charge is 2.40. The number of benzene rings is 1. The average molecular weight is 190 g/mol. The molecule has 0 spiro atoms. The molecule has 0 amide bonds. The highest BCUT2D eigenvalue weighted by atomic mass is 14.9. The fraction of sp³-hybridized carbons (Fsp3) is 0.500. The summed E-state index contributed by atoms with van der Waals surface area (Å²) in [6.45, 7) is 0. The summed E-state index contributed by atoms with van der Waals surface area (Å²) in [6, 6.07) is 10.5. The van der Waals surface area contributed by atoms with Gasteiger partial charge in [0.1, 0.15) is 0 Å². The Morgan fingerprint density at radius 1 is 1.14 bits per heavy atom. The van der Waals surface area contributed by atoms with E-state index in [1.807, 2.05) is 6.07 Å². The molecule has 1 saturated carbocycles. The van der Waals surface area contributed by atoms with Crippen molar-refractivity contribution in [2.24, 2.45) is 16.9 Å². The van der Waals surface area contributed by atoms with Crippen molar-refractivity contribution >= 4 is 0 Å². The number of rotatable bonds is 3. The number of hydrogen-bond acceptors (Lipinski definition) is 2. The first kappa shape index (κ1) is 9.69. The Kier molecular flexibility index (Phi) is 2.57. The average Bonchev–Trinajstić information content (AvgIpc) is 2.12. The van der Waals surface area contributed by atoms with Gasteiger partial charge in [-0.15, -0.1) is 0 Å². The maximum Gasteiger partial charge on any atom is 0.0582 e. The van der Waals surface area contributed by atoms with E-state index >= 15 is 0 Å². The van der Waals surface area contributed by atoms with Gasteiger partial charge in [-0.2, -0.15) is 0 Å². The molecule has 1 aliphatic rings. The Balaban J connectivity index is 2.09. The molecule has 0 radical (unpaired) electrons. The molecule has 0 aromatic heterocycles. The summed E-state index contributed by atoms with van der Waals surface area (Å²) in [4.78, 5) is 0. The van der Waals surface area contributed by atoms with Gasteiger partial charge in [-0.25, -0.2) is 0 Å². The van der Waals surface area contributed by atoms with Gasteiger partial charge in [0.15, 0.2) is 0 Å². The molecule has 1 fully saturated rings. The van der Waals surface area contributed by atoms with Crippen LogP contribution in [0.5, 0.6) is 0 Å². The van der Waals surface area contributed by atoms with E-state index in [2.05, 4.69) is 24.3 Å². The minimum atomic E-state index is -0.170. The summed E-state index contributed by atoms with van der Waals surface area (Å²) < 4.78 is 0. The van der Waals surface area contributed by atoms with E-state index in [4.69, 9.17) is 11.5 Å². The van der Waals surface area contributed by atoms with Crippen LogP contribution in [-0.4, -0.2) is 6.17 Å². The topological polar surface area (TPSA) is 52.0 Å². The SMILES string of the molecule is NC(N)C1(Cc2ccccc2)CCC1. The summed E-state index contributed by atoms with van der Waals surface area (Å²) in [5.74, 6) is 0. The molecule has 2 rings (SSSR count). The Labute approximate surface area is 85.3 Å². The van der Waals surface area contributed by atoms with Gasteiger partial charge >= 0.3 is 0 Å². The summed E-state index contributed by atoms with van der Waals surface area (Å²) in [5, 5.41) is 0. The van der Waals surface area contributed by atoms with Crippen LogP contribution in [-0.2, 0) is 6.42 Å². The summed E-state index contributed by atoms with van der Waals surface area (Å²) in [6.07, 6.45) is 4.50. The lowest BCUT2D eigenvalue weighted by Crippen LogP contribution is -2.53. The molecule has 2 nitrogen and oxygen atoms in total. The predicted molar refractivity (Wildman–Crippen MR) is 58.6 cm³/mol. The third kappa shape index (κ3) is 1.68. The lowest BCUT2D eigenvalue weighted by Gasteiger charge is -2.45. The molecule has 14 heavy (non-hydrogen) atoms. The first-order valence-electron chi connectivity index (χ1n) is 5.28. The molecule has 76 valence electrons. The van der Waals surface area contributed by atoms with E-state index in [0.717, 1.165) is 6.42 Å². The van der Waals surface area contributed by atoms with Crippen molar-refractivity contribution in [1.29, 1.82) is 0 Å². The molecule has 0 saturated heterocycles. The van der Waals surface area contributed by atoms with Crippen LogP contribution in [0.3, 0.4) is 0 Å². The van der Waals surface area contributed by atoms with Crippen molar-refractivity contribution in [2.45, 2.75) is 31.8 Å². The summed E-state index contributed by atoms with van der Waals surface area (Å²) in [5.41, 5.74) is 13.3. The highest BCUT2D eigenvalue weighted by Crippen LogP contribution is 2.44. The molecule has 0 unspecified atom stereocenters. The zero-order chi connectivity index (χ0) is 10.0. The lowest BCUT2D eigenvalue weighted by atomic mass is 9.63. The van der Waals surface area contributed by atoms with Crippen molar-refractivity contribution in [3.8, 4) is 0 Å². The monoisotopic (exact) mass is 190 g/mol. The maximum atomic E-state index is 5.86. The van der Waals surface area contributed by atoms with Gasteiger partial charge in [0.05, 0.1) is 6.17 Å². The van der Waals surface area contributed by atoms with E-state index < -0.39 is 0 Å². The van der Waals surface area contributed by atoms with Gasteiger partial charge in [-0.3, -0.25) is 0 Å². The first-order valence-corrected chi connectivity index (χ1v) is 5.28. The minimum absolute atomic E-state index is 0.170. The largest absolute Gasteiger partial charge is 0.316 e. The molecule has 0 bridgehead atoms. The Morgan fingerprint density at radius 3 is 2.21 bits per heavy atom. The number of hydrogen-bond donors (Lipinski definition) is 2. The molecular formula is C12H18N2. The second-order valence-corrected chi connectivity index (χ2v) is 4.40. The van der Waals surface area contributed by atoms with E-state index in [0.29, 0.717) is 0 Å². The van der Waals surface area contributed by atoms with Crippen molar-refractivity contribution in [1.82, 2.24) is 0 Å². The van der Waals surface area contributed by atoms with Gasteiger partial charge in [0.2, 0.25) is 0 Å². The van der Waals surface area contributed by atoms with Gasteiger partial charge in [0, 0.05) is 5.41 Å². The van der Waals surface area contributed by atoms with Gasteiger partial charge < -0.3 is 11.5 Å². The normalized spacial score (nSPS) is 19.4. The molecule has 2 heteroatoms. The second-order valence-electron chi connectivity index (χ2n) is 4.40. The standard InChI is InChI=1S/C12H18N2/c13-11(14)12(7-4-8-12)9-10-5-2-1-3-6-10/h1-3,5-6,11H,4,7-9,13-14H2. The third-order valence-electron chi connectivity index (χ3n) is 3.46. The van der Waals surface area contributed by atoms with E-state index in [9.17, 15) is 0 Å². The van der Waals surface area contributed by atoms with E-state index in [-0.39, 0.29) is 11.6 Å². The second kappa shape index (κ2) is 3.71. The fourth-order valence-corrected chi connectivity index (χ4v) is 2.26. The maximum absolute atomic E-state index is 5.86. The summed E-state index contributed by atoms with van der Waals surface area (Å²) >= 11 is 0. The van der Waals surface area contributed by atoms with Crippen molar-refractivity contribution in [3.05, 3.63) is 35.9 Å². The molecule has 1 aromatic carbocycles. The smallest absolute Gasteiger partial charge is 0.0582 e. The zero-order valence-corrected chi connectivity index (χ0v) is 8.45. The van der Waals surface area contributed by atoms with Gasteiger partial charge in [-0.1, -0.05) is 36.8 Å². The molecule has 0 heterocycles. The molecular weight excluding hydrogens is 172 g/mol. The van der Waals surface area contributed by atoms with Crippen LogP contribution in [0.1, 0.15) is 24.8 Å². The Bertz CT molecular complexity index is 288. The van der Waals surface area contributed by atoms with Crippen LogP contribution in [0.2, 0.25) is 0 Å². The van der Waals surface area contributed by atoms with Crippen molar-refractivity contribution in [3.63, 3.8) is 0 Å². The van der Waals surface area contributed by atoms with Crippen molar-refractivity contribution in [2.75, 3.05) is 0 Å². The Hall–Kier alpha value is -0.860. The molecule has 0 aliphatic heterocycles. The fourth-order valence-electron chi connectivity index (χ4n) is 2.26. The third-order valence-corrected chi connectivity index (χ3v) is 3.46. The quantitative estimate of drug-likeness (QED) is 0.712. The van der Waals surface area contributed by atoms with Crippen LogP contribution in [0.15, 0.2) is 30.3 Å². The van der Waals surface area contributed by atoms with Crippen LogP contribution in [0.25, 0.3) is 0 Å². The highest BCUT2D eigenvalue weighted by molar-refractivity contribution is 5.18. The molecule has 1 aromatic rings. The van der Waals surface area contributed by atoms with Crippen LogP contribution >= 0.6 is 0 Å². The predicted octanol–water partition coefficient (Wildman–Crippen LogP) is 1.64. The van der Waals surface area contributed by atoms with Crippen LogP contribution in [0, 0.1) is 5.41 Å². The molecule has 1 aliphatic carbocycles. The van der Waals surface area contributed by atoms with Crippen molar-refractivity contribution < 1.29 is 0 Å². The molecule has 0 atom stereocenters. The van der Waals surface area contributed by atoms with Crippen LogP contribution in [0.4, 0.5) is 0 Å². The Morgan fingerprint density at radius 2 is 1.79 bits per heavy atom. The summed E-state index contributed by atoms with van der Waals surface area (Å²) in [7, 11) is 0. The van der Waals surface area contributed by atoms with Gasteiger partial charge in [-0.05, 0) is 24.8 Å². The van der Waals surface area contributed by atoms with E-state index in [1.165, 1.54) is 24.8 Å².